The number of allylic oxidation sites excluding steroid dienone is 1. The molecule has 0 spiro atoms. The lowest BCUT2D eigenvalue weighted by atomic mass is 10.1. The van der Waals surface area contributed by atoms with E-state index in [1.54, 1.807) is 18.2 Å². The van der Waals surface area contributed by atoms with Gasteiger partial charge in [-0.3, -0.25) is 0 Å². The van der Waals surface area contributed by atoms with E-state index in [0.717, 1.165) is 0 Å². The zero-order valence-electron chi connectivity index (χ0n) is 10.0. The van der Waals surface area contributed by atoms with E-state index in [4.69, 9.17) is 26.3 Å². The fraction of sp³-hybridized carbons (Fsp3) is 0.308. The Morgan fingerprint density at radius 3 is 2.83 bits per heavy atom. The van der Waals surface area contributed by atoms with Crippen LogP contribution in [0.3, 0.4) is 0 Å². The Morgan fingerprint density at radius 2 is 2.28 bits per heavy atom. The Labute approximate surface area is 111 Å². The van der Waals surface area contributed by atoms with Crippen LogP contribution in [0.15, 0.2) is 24.8 Å². The number of aliphatic hydroxyl groups is 1. The number of nitrogens with zero attached hydrogens (tertiary/aromatic N) is 1. The Hall–Kier alpha value is -1.70. The lowest BCUT2D eigenvalue weighted by molar-refractivity contribution is 0.123. The molecule has 0 fully saturated rings. The Kier molecular flexibility index (Phi) is 5.50. The highest BCUT2D eigenvalue weighted by atomic mass is 35.5. The number of benzene rings is 1. The van der Waals surface area contributed by atoms with E-state index in [1.807, 2.05) is 6.07 Å². The summed E-state index contributed by atoms with van der Waals surface area (Å²) in [6.07, 6.45) is -0.731. The van der Waals surface area contributed by atoms with Crippen LogP contribution in [0.4, 0.5) is 0 Å². The predicted molar refractivity (Wildman–Crippen MR) is 69.9 cm³/mol. The second-order valence-corrected chi connectivity index (χ2v) is 3.88. The molecule has 18 heavy (non-hydrogen) atoms. The minimum absolute atomic E-state index is 0.0817. The maximum absolute atomic E-state index is 9.31. The maximum atomic E-state index is 9.31. The lowest BCUT2D eigenvalue weighted by Gasteiger charge is -2.13. The molecule has 0 saturated heterocycles. The first kappa shape index (κ1) is 14.4. The van der Waals surface area contributed by atoms with Crippen molar-refractivity contribution in [3.8, 4) is 17.6 Å². The quantitative estimate of drug-likeness (QED) is 0.634. The molecule has 1 atom stereocenters. The SMILES string of the molecule is C=C(C#N)c1ccc(OCC(O)CCl)c(OC)c1. The third-order valence-corrected chi connectivity index (χ3v) is 2.61. The molecule has 1 rings (SSSR count). The van der Waals surface area contributed by atoms with Gasteiger partial charge in [0.15, 0.2) is 11.5 Å². The summed E-state index contributed by atoms with van der Waals surface area (Å²) in [6.45, 7) is 3.70. The monoisotopic (exact) mass is 267 g/mol. The Morgan fingerprint density at radius 1 is 1.56 bits per heavy atom. The molecular weight excluding hydrogens is 254 g/mol. The third-order valence-electron chi connectivity index (χ3n) is 2.26. The number of aliphatic hydroxyl groups excluding tert-OH is 1. The standard InChI is InChI=1S/C13H14ClNO3/c1-9(7-15)10-3-4-12(13(5-10)17-2)18-8-11(16)6-14/h3-5,11,16H,1,6,8H2,2H3. The van der Waals surface area contributed by atoms with E-state index in [1.165, 1.54) is 7.11 Å². The van der Waals surface area contributed by atoms with Crippen LogP contribution in [0, 0.1) is 11.3 Å². The molecule has 0 aliphatic rings. The zero-order valence-corrected chi connectivity index (χ0v) is 10.8. The average molecular weight is 268 g/mol. The number of hydrogen-bond donors (Lipinski definition) is 1. The first-order valence-electron chi connectivity index (χ1n) is 5.26. The number of halogens is 1. The molecule has 0 aromatic heterocycles. The summed E-state index contributed by atoms with van der Waals surface area (Å²) in [5.41, 5.74) is 1.01. The summed E-state index contributed by atoms with van der Waals surface area (Å²) >= 11 is 5.47. The molecule has 1 aromatic carbocycles. The normalized spacial score (nSPS) is 11.4. The van der Waals surface area contributed by atoms with Crippen molar-refractivity contribution in [3.63, 3.8) is 0 Å². The molecule has 0 aliphatic carbocycles. The Balaban J connectivity index is 2.87. The fourth-order valence-corrected chi connectivity index (χ4v) is 1.36. The number of hydrogen-bond acceptors (Lipinski definition) is 4. The van der Waals surface area contributed by atoms with Gasteiger partial charge in [-0.05, 0) is 23.8 Å². The van der Waals surface area contributed by atoms with Gasteiger partial charge in [0.05, 0.1) is 24.6 Å². The van der Waals surface area contributed by atoms with Gasteiger partial charge in [-0.15, -0.1) is 11.6 Å². The molecule has 96 valence electrons. The van der Waals surface area contributed by atoms with Crippen LogP contribution in [0.25, 0.3) is 5.57 Å². The molecule has 1 aromatic rings. The molecule has 1 N–H and O–H groups in total. The first-order chi connectivity index (χ1) is 8.62. The van der Waals surface area contributed by atoms with Gasteiger partial charge < -0.3 is 14.6 Å². The van der Waals surface area contributed by atoms with Crippen molar-refractivity contribution in [1.29, 1.82) is 5.26 Å². The molecule has 1 unspecified atom stereocenters. The highest BCUT2D eigenvalue weighted by Crippen LogP contribution is 2.30. The van der Waals surface area contributed by atoms with Gasteiger partial charge in [-0.1, -0.05) is 6.58 Å². The third kappa shape index (κ3) is 3.66. The number of nitriles is 1. The smallest absolute Gasteiger partial charge is 0.161 e. The van der Waals surface area contributed by atoms with E-state index < -0.39 is 6.10 Å². The van der Waals surface area contributed by atoms with Crippen LogP contribution in [0.5, 0.6) is 11.5 Å². The molecule has 4 nitrogen and oxygen atoms in total. The topological polar surface area (TPSA) is 62.5 Å². The molecular formula is C13H14ClNO3. The van der Waals surface area contributed by atoms with E-state index in [-0.39, 0.29) is 12.5 Å². The van der Waals surface area contributed by atoms with E-state index >= 15 is 0 Å². The second kappa shape index (κ2) is 6.90. The lowest BCUT2D eigenvalue weighted by Crippen LogP contribution is -2.19. The number of alkyl halides is 1. The highest BCUT2D eigenvalue weighted by molar-refractivity contribution is 6.18. The van der Waals surface area contributed by atoms with Gasteiger partial charge in [-0.2, -0.15) is 5.26 Å². The van der Waals surface area contributed by atoms with Gasteiger partial charge >= 0.3 is 0 Å². The molecule has 0 saturated carbocycles. The summed E-state index contributed by atoms with van der Waals surface area (Å²) in [4.78, 5) is 0. The summed E-state index contributed by atoms with van der Waals surface area (Å²) in [5, 5.41) is 18.1. The molecule has 0 bridgehead atoms. The minimum atomic E-state index is -0.731. The van der Waals surface area contributed by atoms with Crippen LogP contribution >= 0.6 is 11.6 Å². The number of methoxy groups -OCH3 is 1. The van der Waals surface area contributed by atoms with Crippen LogP contribution in [-0.2, 0) is 0 Å². The van der Waals surface area contributed by atoms with E-state index in [2.05, 4.69) is 6.58 Å². The van der Waals surface area contributed by atoms with Crippen molar-refractivity contribution >= 4 is 17.2 Å². The van der Waals surface area contributed by atoms with Crippen molar-refractivity contribution in [2.45, 2.75) is 6.10 Å². The Bertz CT molecular complexity index is 468. The summed E-state index contributed by atoms with van der Waals surface area (Å²) in [5.74, 6) is 1.06. The van der Waals surface area contributed by atoms with Crippen LogP contribution in [0.2, 0.25) is 0 Å². The molecule has 0 aliphatic heterocycles. The minimum Gasteiger partial charge on any atom is -0.493 e. The van der Waals surface area contributed by atoms with Crippen LogP contribution in [0.1, 0.15) is 5.56 Å². The molecule has 0 amide bonds. The van der Waals surface area contributed by atoms with Crippen molar-refractivity contribution in [1.82, 2.24) is 0 Å². The number of rotatable bonds is 6. The van der Waals surface area contributed by atoms with E-state index in [0.29, 0.717) is 22.6 Å². The van der Waals surface area contributed by atoms with Gasteiger partial charge in [0.1, 0.15) is 12.7 Å². The first-order valence-corrected chi connectivity index (χ1v) is 5.80. The van der Waals surface area contributed by atoms with E-state index in [9.17, 15) is 5.11 Å². The summed E-state index contributed by atoms with van der Waals surface area (Å²) < 4.78 is 10.5. The zero-order chi connectivity index (χ0) is 13.5. The maximum Gasteiger partial charge on any atom is 0.161 e. The van der Waals surface area contributed by atoms with Crippen molar-refractivity contribution in [2.24, 2.45) is 0 Å². The van der Waals surface area contributed by atoms with Gasteiger partial charge in [0.25, 0.3) is 0 Å². The second-order valence-electron chi connectivity index (χ2n) is 3.58. The summed E-state index contributed by atoms with van der Waals surface area (Å²) in [6, 6.07) is 6.99. The van der Waals surface area contributed by atoms with Crippen molar-refractivity contribution < 1.29 is 14.6 Å². The largest absolute Gasteiger partial charge is 0.493 e. The van der Waals surface area contributed by atoms with Crippen LogP contribution in [-0.4, -0.2) is 30.8 Å². The van der Waals surface area contributed by atoms with Gasteiger partial charge in [0, 0.05) is 0 Å². The molecule has 0 heterocycles. The molecule has 0 radical (unpaired) electrons. The van der Waals surface area contributed by atoms with Gasteiger partial charge in [-0.25, -0.2) is 0 Å². The predicted octanol–water partition coefficient (Wildman–Crippen LogP) is 2.21. The van der Waals surface area contributed by atoms with Crippen LogP contribution < -0.4 is 9.47 Å². The highest BCUT2D eigenvalue weighted by Gasteiger charge is 2.09. The average Bonchev–Trinajstić information content (AvgIpc) is 2.43. The van der Waals surface area contributed by atoms with Crippen molar-refractivity contribution in [2.75, 3.05) is 19.6 Å². The fourth-order valence-electron chi connectivity index (χ4n) is 1.27. The molecule has 5 heteroatoms. The van der Waals surface area contributed by atoms with Gasteiger partial charge in [0.2, 0.25) is 0 Å². The summed E-state index contributed by atoms with van der Waals surface area (Å²) in [7, 11) is 1.50. The van der Waals surface area contributed by atoms with Crippen molar-refractivity contribution in [3.05, 3.63) is 30.3 Å². The number of ether oxygens (including phenoxy) is 2.